The molecule has 134 valence electrons. The van der Waals surface area contributed by atoms with E-state index in [1.807, 2.05) is 18.5 Å². The van der Waals surface area contributed by atoms with Gasteiger partial charge in [0.15, 0.2) is 0 Å². The van der Waals surface area contributed by atoms with Crippen molar-refractivity contribution in [2.75, 3.05) is 26.8 Å². The van der Waals surface area contributed by atoms with Crippen molar-refractivity contribution in [1.29, 1.82) is 0 Å². The first-order valence-corrected chi connectivity index (χ1v) is 8.14. The van der Waals surface area contributed by atoms with Crippen LogP contribution >= 0.6 is 0 Å². The maximum Gasteiger partial charge on any atom is 0.274 e. The van der Waals surface area contributed by atoms with E-state index in [-0.39, 0.29) is 17.9 Å². The van der Waals surface area contributed by atoms with Crippen molar-refractivity contribution in [1.82, 2.24) is 29.3 Å². The van der Waals surface area contributed by atoms with Crippen molar-refractivity contribution in [2.45, 2.75) is 19.5 Å². The molecule has 0 aliphatic carbocycles. The highest BCUT2D eigenvalue weighted by Gasteiger charge is 2.31. The Morgan fingerprint density at radius 3 is 2.80 bits per heavy atom. The molecule has 0 fully saturated rings. The molecule has 0 unspecified atom stereocenters. The average molecular weight is 346 g/mol. The van der Waals surface area contributed by atoms with Crippen LogP contribution in [0.5, 0.6) is 0 Å². The van der Waals surface area contributed by atoms with Gasteiger partial charge in [0.2, 0.25) is 0 Å². The number of methoxy groups -OCH3 is 1. The molecule has 0 saturated heterocycles. The monoisotopic (exact) mass is 346 g/mol. The molecule has 0 saturated carbocycles. The van der Waals surface area contributed by atoms with Gasteiger partial charge in [-0.3, -0.25) is 9.59 Å². The molecule has 2 amide bonds. The molecule has 9 nitrogen and oxygen atoms in total. The fraction of sp³-hybridized carbons (Fsp3) is 0.500. The highest BCUT2D eigenvalue weighted by atomic mass is 16.5. The maximum atomic E-state index is 12.7. The number of nitrogens with zero attached hydrogens (tertiary/aromatic N) is 5. The largest absolute Gasteiger partial charge is 0.383 e. The van der Waals surface area contributed by atoms with Crippen molar-refractivity contribution in [2.24, 2.45) is 7.05 Å². The van der Waals surface area contributed by atoms with Crippen LogP contribution in [-0.4, -0.2) is 62.6 Å². The molecule has 0 radical (unpaired) electrons. The number of nitrogens with one attached hydrogen (secondary N) is 1. The number of hydrogen-bond donors (Lipinski definition) is 1. The second-order valence-electron chi connectivity index (χ2n) is 6.03. The fourth-order valence-corrected chi connectivity index (χ4v) is 2.91. The van der Waals surface area contributed by atoms with E-state index in [1.165, 1.54) is 0 Å². The first-order chi connectivity index (χ1) is 12.0. The summed E-state index contributed by atoms with van der Waals surface area (Å²) in [6, 6.07) is -0.233. The van der Waals surface area contributed by atoms with E-state index in [0.29, 0.717) is 43.5 Å². The first-order valence-electron chi connectivity index (χ1n) is 8.14. The van der Waals surface area contributed by atoms with Gasteiger partial charge in [0.05, 0.1) is 19.0 Å². The Morgan fingerprint density at radius 2 is 2.12 bits per heavy atom. The van der Waals surface area contributed by atoms with Crippen molar-refractivity contribution < 1.29 is 14.3 Å². The molecule has 2 aromatic rings. The van der Waals surface area contributed by atoms with Crippen LogP contribution in [0.25, 0.3) is 0 Å². The van der Waals surface area contributed by atoms with Crippen LogP contribution in [0.4, 0.5) is 0 Å². The van der Waals surface area contributed by atoms with Gasteiger partial charge in [-0.1, -0.05) is 0 Å². The number of aryl methyl sites for hydroxylation is 1. The molecule has 1 aliphatic rings. The first kappa shape index (κ1) is 17.2. The van der Waals surface area contributed by atoms with Crippen LogP contribution in [0.1, 0.15) is 39.8 Å². The lowest BCUT2D eigenvalue weighted by Crippen LogP contribution is -2.41. The van der Waals surface area contributed by atoms with Gasteiger partial charge in [-0.05, 0) is 6.92 Å². The molecule has 3 heterocycles. The van der Waals surface area contributed by atoms with Gasteiger partial charge in [-0.25, -0.2) is 9.97 Å². The van der Waals surface area contributed by atoms with Gasteiger partial charge in [-0.2, -0.15) is 0 Å². The van der Waals surface area contributed by atoms with Crippen LogP contribution < -0.4 is 5.32 Å². The molecule has 9 heteroatoms. The van der Waals surface area contributed by atoms with Crippen molar-refractivity contribution in [3.8, 4) is 0 Å². The van der Waals surface area contributed by atoms with E-state index < -0.39 is 0 Å². The minimum atomic E-state index is -0.242. The number of fused-ring (bicyclic) bond motifs is 1. The zero-order chi connectivity index (χ0) is 18.0. The van der Waals surface area contributed by atoms with Crippen molar-refractivity contribution in [3.63, 3.8) is 0 Å². The van der Waals surface area contributed by atoms with Gasteiger partial charge in [0.25, 0.3) is 11.8 Å². The van der Waals surface area contributed by atoms with Crippen molar-refractivity contribution >= 4 is 11.8 Å². The van der Waals surface area contributed by atoms with Crippen LogP contribution in [0, 0.1) is 0 Å². The summed E-state index contributed by atoms with van der Waals surface area (Å²) < 4.78 is 8.59. The minimum Gasteiger partial charge on any atom is -0.383 e. The number of ether oxygens (including phenoxy) is 1. The fourth-order valence-electron chi connectivity index (χ4n) is 2.91. The van der Waals surface area contributed by atoms with E-state index >= 15 is 0 Å². The topological polar surface area (TPSA) is 94.3 Å². The third kappa shape index (κ3) is 3.41. The SMILES string of the molecule is COCCNC(=O)c1cn2c(n1)[C@@H](C)N(C(=O)c1cn(C)cn1)CC2. The third-order valence-corrected chi connectivity index (χ3v) is 4.24. The highest BCUT2D eigenvalue weighted by Crippen LogP contribution is 2.26. The smallest absolute Gasteiger partial charge is 0.274 e. The van der Waals surface area contributed by atoms with Gasteiger partial charge in [-0.15, -0.1) is 0 Å². The molecule has 0 spiro atoms. The molecule has 1 N–H and O–H groups in total. The Labute approximate surface area is 145 Å². The molecule has 3 rings (SSSR count). The number of hydrogen-bond acceptors (Lipinski definition) is 5. The molecular weight excluding hydrogens is 324 g/mol. The second kappa shape index (κ2) is 7.06. The summed E-state index contributed by atoms with van der Waals surface area (Å²) in [5.74, 6) is 0.328. The van der Waals surface area contributed by atoms with Crippen LogP contribution in [0.2, 0.25) is 0 Å². The van der Waals surface area contributed by atoms with Gasteiger partial charge < -0.3 is 24.1 Å². The van der Waals surface area contributed by atoms with Gasteiger partial charge in [0.1, 0.15) is 17.2 Å². The Morgan fingerprint density at radius 1 is 1.32 bits per heavy atom. The summed E-state index contributed by atoms with van der Waals surface area (Å²) in [7, 11) is 3.40. The predicted octanol–water partition coefficient (Wildman–Crippen LogP) is 0.210. The second-order valence-corrected chi connectivity index (χ2v) is 6.03. The van der Waals surface area contributed by atoms with E-state index in [0.717, 1.165) is 0 Å². The van der Waals surface area contributed by atoms with E-state index in [9.17, 15) is 9.59 Å². The molecule has 0 aromatic carbocycles. The average Bonchev–Trinajstić information content (AvgIpc) is 3.21. The number of amides is 2. The number of rotatable bonds is 5. The zero-order valence-corrected chi connectivity index (χ0v) is 14.6. The number of aromatic nitrogens is 4. The van der Waals surface area contributed by atoms with E-state index in [4.69, 9.17) is 4.74 Å². The number of imidazole rings is 2. The van der Waals surface area contributed by atoms with Crippen LogP contribution in [0.3, 0.4) is 0 Å². The zero-order valence-electron chi connectivity index (χ0n) is 14.6. The normalized spacial score (nSPS) is 16.6. The lowest BCUT2D eigenvalue weighted by molar-refractivity contribution is 0.0632. The third-order valence-electron chi connectivity index (χ3n) is 4.24. The quantitative estimate of drug-likeness (QED) is 0.781. The van der Waals surface area contributed by atoms with Crippen LogP contribution in [-0.2, 0) is 18.3 Å². The highest BCUT2D eigenvalue weighted by molar-refractivity contribution is 5.93. The lowest BCUT2D eigenvalue weighted by atomic mass is 10.2. The maximum absolute atomic E-state index is 12.7. The summed E-state index contributed by atoms with van der Waals surface area (Å²) in [5.41, 5.74) is 0.761. The standard InChI is InChI=1S/C16H22N6O3/c1-11-14-19-12(15(23)17-4-7-25-3)9-21(14)5-6-22(11)16(24)13-8-20(2)10-18-13/h8-11H,4-7H2,1-3H3,(H,17,23)/t11-/m1/s1. The van der Waals surface area contributed by atoms with Crippen molar-refractivity contribution in [3.05, 3.63) is 35.9 Å². The summed E-state index contributed by atoms with van der Waals surface area (Å²) in [5, 5.41) is 2.75. The van der Waals surface area contributed by atoms with Crippen LogP contribution in [0.15, 0.2) is 18.7 Å². The number of carbonyl (C=O) groups is 2. The van der Waals surface area contributed by atoms with Gasteiger partial charge in [0, 0.05) is 46.2 Å². The minimum absolute atomic E-state index is 0.131. The summed E-state index contributed by atoms with van der Waals surface area (Å²) in [4.78, 5) is 35.1. The molecule has 1 aliphatic heterocycles. The lowest BCUT2D eigenvalue weighted by Gasteiger charge is -2.33. The molecular formula is C16H22N6O3. The number of carbonyl (C=O) groups excluding carboxylic acids is 2. The summed E-state index contributed by atoms with van der Waals surface area (Å²) >= 11 is 0. The van der Waals surface area contributed by atoms with E-state index in [1.54, 1.807) is 35.3 Å². The Balaban J connectivity index is 1.75. The summed E-state index contributed by atoms with van der Waals surface area (Å²) in [6.07, 6.45) is 5.03. The van der Waals surface area contributed by atoms with E-state index in [2.05, 4.69) is 15.3 Å². The molecule has 1 atom stereocenters. The Bertz CT molecular complexity index is 781. The summed E-state index contributed by atoms with van der Waals surface area (Å²) in [6.45, 7) is 3.92. The van der Waals surface area contributed by atoms with Gasteiger partial charge >= 0.3 is 0 Å². The molecule has 2 aromatic heterocycles. The Hall–Kier alpha value is -2.68. The molecule has 0 bridgehead atoms. The predicted molar refractivity (Wildman–Crippen MR) is 89.1 cm³/mol. The molecule has 25 heavy (non-hydrogen) atoms. The Kier molecular flexibility index (Phi) is 4.84.